The number of alkyl halides is 1. The highest BCUT2D eigenvalue weighted by atomic mass is 19.1. The minimum Gasteiger partial charge on any atom is -0.507 e. The summed E-state index contributed by atoms with van der Waals surface area (Å²) >= 11 is 0. The number of phenolic OH excluding ortho intramolecular Hbond substituents is 1. The lowest BCUT2D eigenvalue weighted by Gasteiger charge is -2.14. The Balaban J connectivity index is 2.69. The molecule has 0 aromatic heterocycles. The van der Waals surface area contributed by atoms with Gasteiger partial charge in [0.15, 0.2) is 0 Å². The van der Waals surface area contributed by atoms with Crippen LogP contribution >= 0.6 is 0 Å². The fourth-order valence-corrected chi connectivity index (χ4v) is 1.49. The van der Waals surface area contributed by atoms with Gasteiger partial charge >= 0.3 is 0 Å². The Morgan fingerprint density at radius 1 is 1.45 bits per heavy atom. The Labute approximate surface area is 115 Å². The van der Waals surface area contributed by atoms with Gasteiger partial charge in [-0.15, -0.1) is 0 Å². The summed E-state index contributed by atoms with van der Waals surface area (Å²) in [6, 6.07) is 3.36. The first kappa shape index (κ1) is 15.7. The highest BCUT2D eigenvalue weighted by Crippen LogP contribution is 2.23. The molecular formula is C13H17FN2O4. The first-order valence-corrected chi connectivity index (χ1v) is 6.01. The van der Waals surface area contributed by atoms with Gasteiger partial charge in [-0.2, -0.15) is 0 Å². The van der Waals surface area contributed by atoms with Crippen molar-refractivity contribution in [3.63, 3.8) is 0 Å². The third kappa shape index (κ3) is 4.11. The Morgan fingerprint density at radius 2 is 2.15 bits per heavy atom. The molecule has 7 heteroatoms. The number of phenols is 1. The van der Waals surface area contributed by atoms with E-state index in [4.69, 9.17) is 4.74 Å². The smallest absolute Gasteiger partial charge is 0.255 e. The lowest BCUT2D eigenvalue weighted by molar-refractivity contribution is -0.122. The zero-order valence-electron chi connectivity index (χ0n) is 11.3. The van der Waals surface area contributed by atoms with Gasteiger partial charge in [-0.25, -0.2) is 4.39 Å². The van der Waals surface area contributed by atoms with Crippen LogP contribution in [-0.2, 0) is 4.79 Å². The van der Waals surface area contributed by atoms with Crippen LogP contribution in [-0.4, -0.2) is 43.3 Å². The molecule has 0 aliphatic carbocycles. The zero-order valence-corrected chi connectivity index (χ0v) is 11.3. The van der Waals surface area contributed by atoms with Crippen LogP contribution in [0.3, 0.4) is 0 Å². The van der Waals surface area contributed by atoms with E-state index in [2.05, 4.69) is 10.6 Å². The number of rotatable bonds is 6. The van der Waals surface area contributed by atoms with E-state index >= 15 is 0 Å². The first-order chi connectivity index (χ1) is 9.49. The Morgan fingerprint density at radius 3 is 2.70 bits per heavy atom. The molecule has 6 nitrogen and oxygen atoms in total. The van der Waals surface area contributed by atoms with Crippen molar-refractivity contribution in [2.24, 2.45) is 0 Å². The van der Waals surface area contributed by atoms with Gasteiger partial charge in [0.1, 0.15) is 24.2 Å². The van der Waals surface area contributed by atoms with E-state index in [1.54, 1.807) is 0 Å². The molecule has 20 heavy (non-hydrogen) atoms. The summed E-state index contributed by atoms with van der Waals surface area (Å²) < 4.78 is 16.8. The number of halogens is 1. The zero-order chi connectivity index (χ0) is 15.1. The van der Waals surface area contributed by atoms with Crippen molar-refractivity contribution in [3.05, 3.63) is 23.8 Å². The second-order valence-corrected chi connectivity index (χ2v) is 4.06. The molecule has 1 aromatic carbocycles. The first-order valence-electron chi connectivity index (χ1n) is 6.01. The summed E-state index contributed by atoms with van der Waals surface area (Å²) in [6.45, 7) is 0.685. The van der Waals surface area contributed by atoms with Crippen molar-refractivity contribution in [2.75, 3.05) is 20.3 Å². The van der Waals surface area contributed by atoms with E-state index in [1.807, 2.05) is 0 Å². The number of carbonyl (C=O) groups is 2. The molecule has 1 atom stereocenters. The molecule has 0 fully saturated rings. The summed E-state index contributed by atoms with van der Waals surface area (Å²) in [4.78, 5) is 23.4. The van der Waals surface area contributed by atoms with Crippen molar-refractivity contribution in [1.29, 1.82) is 0 Å². The Hall–Kier alpha value is -2.31. The fourth-order valence-electron chi connectivity index (χ4n) is 1.49. The van der Waals surface area contributed by atoms with Crippen LogP contribution < -0.4 is 15.4 Å². The van der Waals surface area contributed by atoms with Crippen molar-refractivity contribution in [3.8, 4) is 11.5 Å². The maximum Gasteiger partial charge on any atom is 0.255 e. The number of amides is 2. The minimum atomic E-state index is -0.837. The quantitative estimate of drug-likeness (QED) is 0.714. The second-order valence-electron chi connectivity index (χ2n) is 4.06. The Bertz CT molecular complexity index is 493. The minimum absolute atomic E-state index is 0.0240. The van der Waals surface area contributed by atoms with E-state index in [-0.39, 0.29) is 17.9 Å². The van der Waals surface area contributed by atoms with Crippen LogP contribution in [0, 0.1) is 0 Å². The highest BCUT2D eigenvalue weighted by Gasteiger charge is 2.18. The molecule has 0 aliphatic rings. The average molecular weight is 284 g/mol. The molecule has 1 unspecified atom stereocenters. The van der Waals surface area contributed by atoms with E-state index in [0.29, 0.717) is 5.75 Å². The van der Waals surface area contributed by atoms with E-state index in [0.717, 1.165) is 0 Å². The third-order valence-electron chi connectivity index (χ3n) is 2.58. The molecule has 0 saturated carbocycles. The predicted molar refractivity (Wildman–Crippen MR) is 70.6 cm³/mol. The number of benzene rings is 1. The predicted octanol–water partition coefficient (Wildman–Crippen LogP) is 0.605. The van der Waals surface area contributed by atoms with Crippen LogP contribution in [0.1, 0.15) is 17.3 Å². The molecule has 110 valence electrons. The standard InChI is InChI=1S/C13H17FN2O4/c1-8(12(18)15-6-5-14)16-13(19)10-4-3-9(20-2)7-11(10)17/h3-4,7-8,17H,5-6H2,1-2H3,(H,15,18)(H,16,19). The number of hydrogen-bond acceptors (Lipinski definition) is 4. The van der Waals surface area contributed by atoms with Crippen molar-refractivity contribution < 1.29 is 23.8 Å². The largest absolute Gasteiger partial charge is 0.507 e. The third-order valence-corrected chi connectivity index (χ3v) is 2.58. The van der Waals surface area contributed by atoms with Gasteiger partial charge in [0.25, 0.3) is 5.91 Å². The number of aromatic hydroxyl groups is 1. The van der Waals surface area contributed by atoms with E-state index in [9.17, 15) is 19.1 Å². The highest BCUT2D eigenvalue weighted by molar-refractivity contribution is 5.99. The van der Waals surface area contributed by atoms with Crippen LogP contribution in [0.5, 0.6) is 11.5 Å². The fraction of sp³-hybridized carbons (Fsp3) is 0.385. The van der Waals surface area contributed by atoms with Crippen LogP contribution in [0.15, 0.2) is 18.2 Å². The molecule has 0 radical (unpaired) electrons. The van der Waals surface area contributed by atoms with Gasteiger partial charge in [-0.3, -0.25) is 9.59 Å². The molecule has 0 saturated heterocycles. The molecule has 0 heterocycles. The summed E-state index contributed by atoms with van der Waals surface area (Å²) in [5.41, 5.74) is 0.0240. The van der Waals surface area contributed by atoms with Crippen LogP contribution in [0.4, 0.5) is 4.39 Å². The van der Waals surface area contributed by atoms with Gasteiger partial charge in [-0.05, 0) is 19.1 Å². The normalized spacial score (nSPS) is 11.6. The lowest BCUT2D eigenvalue weighted by atomic mass is 10.1. The van der Waals surface area contributed by atoms with E-state index in [1.165, 1.54) is 32.2 Å². The van der Waals surface area contributed by atoms with Gasteiger partial charge < -0.3 is 20.5 Å². The Kier molecular flexibility index (Phi) is 5.76. The van der Waals surface area contributed by atoms with Gasteiger partial charge in [0, 0.05) is 12.6 Å². The van der Waals surface area contributed by atoms with Gasteiger partial charge in [-0.1, -0.05) is 0 Å². The molecule has 0 spiro atoms. The maximum atomic E-state index is 11.9. The summed E-state index contributed by atoms with van der Waals surface area (Å²) in [5, 5.41) is 14.4. The molecule has 0 bridgehead atoms. The number of carbonyl (C=O) groups excluding carboxylic acids is 2. The van der Waals surface area contributed by atoms with Crippen LogP contribution in [0.2, 0.25) is 0 Å². The number of ether oxygens (including phenoxy) is 1. The van der Waals surface area contributed by atoms with Gasteiger partial charge in [0.2, 0.25) is 5.91 Å². The summed E-state index contributed by atoms with van der Waals surface area (Å²) in [6.07, 6.45) is 0. The monoisotopic (exact) mass is 284 g/mol. The molecule has 3 N–H and O–H groups in total. The number of hydrogen-bond donors (Lipinski definition) is 3. The topological polar surface area (TPSA) is 87.7 Å². The average Bonchev–Trinajstić information content (AvgIpc) is 2.44. The van der Waals surface area contributed by atoms with Gasteiger partial charge in [0.05, 0.1) is 12.7 Å². The lowest BCUT2D eigenvalue weighted by Crippen LogP contribution is -2.45. The van der Waals surface area contributed by atoms with Crippen molar-refractivity contribution in [1.82, 2.24) is 10.6 Å². The molecular weight excluding hydrogens is 267 g/mol. The van der Waals surface area contributed by atoms with Crippen LogP contribution in [0.25, 0.3) is 0 Å². The number of nitrogens with one attached hydrogen (secondary N) is 2. The molecule has 1 rings (SSSR count). The summed E-state index contributed by atoms with van der Waals surface area (Å²) in [5.74, 6) is -0.942. The molecule has 2 amide bonds. The summed E-state index contributed by atoms with van der Waals surface area (Å²) in [7, 11) is 1.44. The van der Waals surface area contributed by atoms with Crippen molar-refractivity contribution >= 4 is 11.8 Å². The molecule has 1 aromatic rings. The number of methoxy groups -OCH3 is 1. The van der Waals surface area contributed by atoms with Crippen molar-refractivity contribution in [2.45, 2.75) is 13.0 Å². The molecule has 0 aliphatic heterocycles. The van der Waals surface area contributed by atoms with E-state index < -0.39 is 24.5 Å². The SMILES string of the molecule is COc1ccc(C(=O)NC(C)C(=O)NCCF)c(O)c1. The second kappa shape index (κ2) is 7.32. The maximum absolute atomic E-state index is 11.9.